The van der Waals surface area contributed by atoms with Crippen LogP contribution in [0, 0.1) is 0 Å². The lowest BCUT2D eigenvalue weighted by molar-refractivity contribution is -0.137. The molecule has 1 fully saturated rings. The average molecular weight is 520 g/mol. The van der Waals surface area contributed by atoms with Crippen molar-refractivity contribution < 1.29 is 22.7 Å². The van der Waals surface area contributed by atoms with E-state index >= 15 is 0 Å². The van der Waals surface area contributed by atoms with Gasteiger partial charge in [-0.1, -0.05) is 48.5 Å². The first-order chi connectivity index (χ1) is 18.0. The molecular weight excluding hydrogens is 490 g/mol. The Hall–Kier alpha value is -3.40. The molecule has 0 aliphatic carbocycles. The quantitative estimate of drug-likeness (QED) is 0.516. The van der Waals surface area contributed by atoms with Crippen LogP contribution < -0.4 is 9.47 Å². The van der Waals surface area contributed by atoms with E-state index in [0.717, 1.165) is 47.8 Å². The van der Waals surface area contributed by atoms with E-state index in [1.807, 2.05) is 47.4 Å². The number of carbonyl (C=O) groups excluding carboxylic acids is 1. The van der Waals surface area contributed by atoms with E-state index in [0.29, 0.717) is 19.5 Å². The van der Waals surface area contributed by atoms with Crippen LogP contribution in [0.5, 0.6) is 11.5 Å². The number of fused-ring (bicyclic) bond motifs is 2. The van der Waals surface area contributed by atoms with Crippen LogP contribution in [-0.4, -0.2) is 67.4 Å². The third kappa shape index (κ3) is 4.70. The molecule has 9 heteroatoms. The third-order valence-corrected chi connectivity index (χ3v) is 9.24. The second kappa shape index (κ2) is 9.81. The lowest BCUT2D eigenvalue weighted by atomic mass is 9.95. The Morgan fingerprint density at radius 2 is 1.54 bits per heavy atom. The molecule has 1 amide bonds. The van der Waals surface area contributed by atoms with Gasteiger partial charge in [0.2, 0.25) is 22.7 Å². The number of piperazine rings is 1. The van der Waals surface area contributed by atoms with Gasteiger partial charge >= 0.3 is 0 Å². The highest BCUT2D eigenvalue weighted by molar-refractivity contribution is 7.89. The molecule has 0 aromatic heterocycles. The molecule has 192 valence electrons. The molecule has 3 aromatic carbocycles. The Bertz CT molecular complexity index is 1400. The minimum absolute atomic E-state index is 0.128. The summed E-state index contributed by atoms with van der Waals surface area (Å²) in [4.78, 5) is 18.1. The van der Waals surface area contributed by atoms with Crippen molar-refractivity contribution in [2.75, 3.05) is 33.0 Å². The maximum absolute atomic E-state index is 13.8. The van der Waals surface area contributed by atoms with Gasteiger partial charge in [-0.25, -0.2) is 8.42 Å². The van der Waals surface area contributed by atoms with Gasteiger partial charge in [0.05, 0.1) is 4.90 Å². The molecule has 8 nitrogen and oxygen atoms in total. The molecule has 0 spiro atoms. The Balaban J connectivity index is 1.18. The van der Waals surface area contributed by atoms with E-state index in [4.69, 9.17) is 9.47 Å². The first-order valence-corrected chi connectivity index (χ1v) is 14.0. The summed E-state index contributed by atoms with van der Waals surface area (Å²) in [5, 5.41) is 0. The van der Waals surface area contributed by atoms with Crippen molar-refractivity contribution in [3.8, 4) is 11.5 Å². The number of ether oxygens (including phenoxy) is 2. The summed E-state index contributed by atoms with van der Waals surface area (Å²) in [6, 6.07) is 21.4. The molecule has 1 unspecified atom stereocenters. The van der Waals surface area contributed by atoms with Crippen LogP contribution in [0.4, 0.5) is 0 Å². The van der Waals surface area contributed by atoms with Gasteiger partial charge in [0.15, 0.2) is 11.5 Å². The van der Waals surface area contributed by atoms with Gasteiger partial charge in [-0.15, -0.1) is 0 Å². The first kappa shape index (κ1) is 24.0. The molecule has 0 saturated carbocycles. The number of hydrogen-bond acceptors (Lipinski definition) is 6. The SMILES string of the molecule is O=C(C1Cc2ccccc2CN1S(=O)(=O)c1ccccc1)N1CCN(Cc2ccc3c(c2)OCO3)CC1. The number of sulfonamides is 1. The lowest BCUT2D eigenvalue weighted by Gasteiger charge is -2.40. The highest BCUT2D eigenvalue weighted by atomic mass is 32.2. The lowest BCUT2D eigenvalue weighted by Crippen LogP contribution is -2.57. The Labute approximate surface area is 217 Å². The van der Waals surface area contributed by atoms with Crippen LogP contribution in [0.3, 0.4) is 0 Å². The van der Waals surface area contributed by atoms with Gasteiger partial charge < -0.3 is 14.4 Å². The largest absolute Gasteiger partial charge is 0.454 e. The topological polar surface area (TPSA) is 79.4 Å². The van der Waals surface area contributed by atoms with Gasteiger partial charge in [-0.05, 0) is 47.4 Å². The van der Waals surface area contributed by atoms with Crippen LogP contribution in [0.1, 0.15) is 16.7 Å². The maximum Gasteiger partial charge on any atom is 0.244 e. The number of benzene rings is 3. The summed E-state index contributed by atoms with van der Waals surface area (Å²) in [5.41, 5.74) is 3.11. The van der Waals surface area contributed by atoms with E-state index in [1.165, 1.54) is 4.31 Å². The van der Waals surface area contributed by atoms with Crippen molar-refractivity contribution in [3.05, 3.63) is 89.5 Å². The van der Waals surface area contributed by atoms with Crippen LogP contribution in [0.2, 0.25) is 0 Å². The Kier molecular flexibility index (Phi) is 6.36. The van der Waals surface area contributed by atoms with Crippen LogP contribution in [-0.2, 0) is 34.3 Å². The molecule has 37 heavy (non-hydrogen) atoms. The van der Waals surface area contributed by atoms with E-state index in [-0.39, 0.29) is 24.1 Å². The van der Waals surface area contributed by atoms with Crippen molar-refractivity contribution in [1.29, 1.82) is 0 Å². The number of carbonyl (C=O) groups is 1. The fourth-order valence-corrected chi connectivity index (χ4v) is 6.91. The predicted molar refractivity (Wildman–Crippen MR) is 138 cm³/mol. The molecular formula is C28H29N3O5S. The number of amides is 1. The first-order valence-electron chi connectivity index (χ1n) is 12.5. The Morgan fingerprint density at radius 3 is 2.32 bits per heavy atom. The minimum atomic E-state index is -3.84. The van der Waals surface area contributed by atoms with Crippen molar-refractivity contribution in [3.63, 3.8) is 0 Å². The van der Waals surface area contributed by atoms with Gasteiger partial charge in [0.25, 0.3) is 0 Å². The Morgan fingerprint density at radius 1 is 0.838 bits per heavy atom. The summed E-state index contributed by atoms with van der Waals surface area (Å²) in [6.07, 6.45) is 0.373. The van der Waals surface area contributed by atoms with E-state index in [9.17, 15) is 13.2 Å². The smallest absolute Gasteiger partial charge is 0.244 e. The molecule has 0 bridgehead atoms. The molecule has 1 atom stereocenters. The fraction of sp³-hybridized carbons (Fsp3) is 0.321. The van der Waals surface area contributed by atoms with Gasteiger partial charge in [-0.2, -0.15) is 4.31 Å². The zero-order chi connectivity index (χ0) is 25.4. The van der Waals surface area contributed by atoms with Crippen molar-refractivity contribution in [2.24, 2.45) is 0 Å². The minimum Gasteiger partial charge on any atom is -0.454 e. The molecule has 0 radical (unpaired) electrons. The molecule has 6 rings (SSSR count). The standard InChI is InChI=1S/C28H29N3O5S/c32-28(30-14-12-29(13-15-30)18-21-10-11-26-27(16-21)36-20-35-26)25-17-22-6-4-5-7-23(22)19-31(25)37(33,34)24-8-2-1-3-9-24/h1-11,16,25H,12-15,17-20H2. The number of nitrogens with zero attached hydrogens (tertiary/aromatic N) is 3. The fourth-order valence-electron chi connectivity index (χ4n) is 5.32. The summed E-state index contributed by atoms with van der Waals surface area (Å²) in [5.74, 6) is 1.41. The van der Waals surface area contributed by atoms with Crippen molar-refractivity contribution in [2.45, 2.75) is 30.4 Å². The highest BCUT2D eigenvalue weighted by Gasteiger charge is 2.41. The van der Waals surface area contributed by atoms with E-state index in [1.54, 1.807) is 30.3 Å². The predicted octanol–water partition coefficient (Wildman–Crippen LogP) is 2.88. The van der Waals surface area contributed by atoms with Crippen molar-refractivity contribution in [1.82, 2.24) is 14.1 Å². The second-order valence-electron chi connectivity index (χ2n) is 9.64. The van der Waals surface area contributed by atoms with Crippen molar-refractivity contribution >= 4 is 15.9 Å². The molecule has 3 aromatic rings. The molecule has 3 aliphatic heterocycles. The van der Waals surface area contributed by atoms with Gasteiger partial charge in [0.1, 0.15) is 6.04 Å². The van der Waals surface area contributed by atoms with Gasteiger partial charge in [-0.3, -0.25) is 9.69 Å². The highest BCUT2D eigenvalue weighted by Crippen LogP contribution is 2.33. The molecule has 0 N–H and O–H groups in total. The normalized spacial score (nSPS) is 20.0. The molecule has 1 saturated heterocycles. The molecule has 3 aliphatic rings. The maximum atomic E-state index is 13.8. The zero-order valence-corrected chi connectivity index (χ0v) is 21.3. The number of rotatable bonds is 5. The number of hydrogen-bond donors (Lipinski definition) is 0. The summed E-state index contributed by atoms with van der Waals surface area (Å²) >= 11 is 0. The van der Waals surface area contributed by atoms with E-state index in [2.05, 4.69) is 4.90 Å². The van der Waals surface area contributed by atoms with Gasteiger partial charge in [0, 0.05) is 39.3 Å². The zero-order valence-electron chi connectivity index (χ0n) is 20.5. The third-order valence-electron chi connectivity index (χ3n) is 7.37. The average Bonchev–Trinajstić information content (AvgIpc) is 3.41. The summed E-state index contributed by atoms with van der Waals surface area (Å²) < 4.78 is 39.6. The van der Waals surface area contributed by atoms with Crippen LogP contribution >= 0.6 is 0 Å². The van der Waals surface area contributed by atoms with E-state index < -0.39 is 16.1 Å². The summed E-state index contributed by atoms with van der Waals surface area (Å²) in [7, 11) is -3.84. The monoisotopic (exact) mass is 519 g/mol. The summed E-state index contributed by atoms with van der Waals surface area (Å²) in [6.45, 7) is 3.74. The van der Waals surface area contributed by atoms with Crippen LogP contribution in [0.25, 0.3) is 0 Å². The van der Waals surface area contributed by atoms with Crippen LogP contribution in [0.15, 0.2) is 77.7 Å². The molecule has 3 heterocycles. The second-order valence-corrected chi connectivity index (χ2v) is 11.5.